The van der Waals surface area contributed by atoms with E-state index in [1.165, 1.54) is 0 Å². The zero-order valence-electron chi connectivity index (χ0n) is 12.6. The molecule has 1 aliphatic rings. The Morgan fingerprint density at radius 2 is 1.61 bits per heavy atom. The molecule has 0 aromatic heterocycles. The van der Waals surface area contributed by atoms with E-state index in [0.29, 0.717) is 0 Å². The van der Waals surface area contributed by atoms with Crippen molar-refractivity contribution in [1.29, 1.82) is 0 Å². The van der Waals surface area contributed by atoms with E-state index in [0.717, 1.165) is 0 Å². The summed E-state index contributed by atoms with van der Waals surface area (Å²) in [6.45, 7) is 3.11. The van der Waals surface area contributed by atoms with Gasteiger partial charge in [-0.25, -0.2) is 4.57 Å². The van der Waals surface area contributed by atoms with Crippen LogP contribution in [0.4, 0.5) is 0 Å². The highest BCUT2D eigenvalue weighted by Gasteiger charge is 2.47. The molecule has 0 saturated carbocycles. The van der Waals surface area contributed by atoms with Crippen molar-refractivity contribution in [3.8, 4) is 0 Å². The molecule has 1 rings (SSSR count). The smallest absolute Gasteiger partial charge is 0.388 e. The van der Waals surface area contributed by atoms with E-state index < -0.39 is 54.3 Å². The molecule has 0 aliphatic carbocycles. The van der Waals surface area contributed by atoms with Gasteiger partial charge in [-0.05, 0) is 13.8 Å². The highest BCUT2D eigenvalue weighted by Crippen LogP contribution is 2.45. The lowest BCUT2D eigenvalue weighted by Crippen LogP contribution is -2.62. The molecule has 138 valence electrons. The summed E-state index contributed by atoms with van der Waals surface area (Å²) in [6, 6.07) is 0. The number of hydrogen-bond acceptors (Lipinski definition) is 9. The topological polar surface area (TPSA) is 172 Å². The van der Waals surface area contributed by atoms with E-state index in [-0.39, 0.29) is 13.2 Å². The lowest BCUT2D eigenvalue weighted by molar-refractivity contribution is -0.219. The van der Waals surface area contributed by atoms with Gasteiger partial charge in [0.25, 0.3) is 10.1 Å². The highest BCUT2D eigenvalue weighted by atomic mass is 32.2. The number of hydrogen-bond donors (Lipinski definition) is 5. The van der Waals surface area contributed by atoms with E-state index in [1.807, 2.05) is 0 Å². The molecule has 1 aliphatic heterocycles. The Kier molecular flexibility index (Phi) is 7.54. The van der Waals surface area contributed by atoms with Gasteiger partial charge in [0.15, 0.2) is 0 Å². The maximum absolute atomic E-state index is 12.3. The molecule has 1 saturated heterocycles. The molecule has 0 radical (unpaired) electrons. The van der Waals surface area contributed by atoms with Gasteiger partial charge >= 0.3 is 7.75 Å². The maximum Gasteiger partial charge on any atom is 0.407 e. The van der Waals surface area contributed by atoms with E-state index in [4.69, 9.17) is 18.3 Å². The first-order valence-corrected chi connectivity index (χ1v) is 10.00. The van der Waals surface area contributed by atoms with Crippen molar-refractivity contribution in [2.75, 3.05) is 19.0 Å². The van der Waals surface area contributed by atoms with Crippen LogP contribution in [0, 0.1) is 0 Å². The largest absolute Gasteiger partial charge is 0.407 e. The highest BCUT2D eigenvalue weighted by molar-refractivity contribution is 7.85. The third-order valence-corrected chi connectivity index (χ3v) is 5.49. The second kappa shape index (κ2) is 8.30. The zero-order chi connectivity index (χ0) is 17.8. The quantitative estimate of drug-likeness (QED) is 0.244. The number of nitrogens with one attached hydrogen (secondary N) is 1. The molecular formula is C10H22NO10PS. The van der Waals surface area contributed by atoms with Crippen molar-refractivity contribution < 1.29 is 46.6 Å². The minimum Gasteiger partial charge on any atom is -0.388 e. The molecule has 1 fully saturated rings. The van der Waals surface area contributed by atoms with Crippen LogP contribution in [0.1, 0.15) is 13.8 Å². The molecule has 23 heavy (non-hydrogen) atoms. The van der Waals surface area contributed by atoms with Crippen molar-refractivity contribution in [3.05, 3.63) is 0 Å². The molecule has 5 N–H and O–H groups in total. The first kappa shape index (κ1) is 20.9. The zero-order valence-corrected chi connectivity index (χ0v) is 14.3. The van der Waals surface area contributed by atoms with Gasteiger partial charge in [-0.1, -0.05) is 0 Å². The first-order valence-electron chi connectivity index (χ1n) is 6.84. The molecule has 1 heterocycles. The van der Waals surface area contributed by atoms with Crippen molar-refractivity contribution in [2.45, 2.75) is 44.5 Å². The Morgan fingerprint density at radius 3 is 2.04 bits per heavy atom. The van der Waals surface area contributed by atoms with E-state index in [1.54, 1.807) is 13.8 Å². The molecule has 0 unspecified atom stereocenters. The van der Waals surface area contributed by atoms with Crippen LogP contribution in [0.2, 0.25) is 0 Å². The molecule has 13 heteroatoms. The molecular weight excluding hydrogens is 357 g/mol. The van der Waals surface area contributed by atoms with Gasteiger partial charge in [0.05, 0.1) is 13.2 Å². The van der Waals surface area contributed by atoms with Crippen molar-refractivity contribution in [3.63, 3.8) is 0 Å². The normalized spacial score (nSPS) is 32.9. The van der Waals surface area contributed by atoms with Gasteiger partial charge in [-0.15, -0.1) is 0 Å². The summed E-state index contributed by atoms with van der Waals surface area (Å²) in [7, 11) is -8.41. The standard InChI is InChI=1S/C10H22NO10PS/c1-3-19-22(15,20-4-2)11-10-9(14)8(13)7(12)6(21-10)5-23(16,17)18/h6-10,12-14H,3-5H2,1-2H3,(H,11,15)(H,16,17,18)/t6-,7-,8+,9-,10-/m1/s1. The Labute approximate surface area is 133 Å². The predicted molar refractivity (Wildman–Crippen MR) is 77.1 cm³/mol. The van der Waals surface area contributed by atoms with Crippen LogP contribution in [0.15, 0.2) is 0 Å². The predicted octanol–water partition coefficient (Wildman–Crippen LogP) is -1.55. The summed E-state index contributed by atoms with van der Waals surface area (Å²) in [5, 5.41) is 31.6. The number of aliphatic hydroxyl groups excluding tert-OH is 3. The third-order valence-electron chi connectivity index (χ3n) is 2.97. The summed E-state index contributed by atoms with van der Waals surface area (Å²) in [5.41, 5.74) is 0. The Bertz CT molecular complexity index is 518. The lowest BCUT2D eigenvalue weighted by Gasteiger charge is -2.41. The fraction of sp³-hybridized carbons (Fsp3) is 1.00. The minimum absolute atomic E-state index is 0.00667. The molecule has 0 aromatic rings. The SMILES string of the molecule is CCOP(=O)(N[C@@H]1O[C@H](CS(=O)(=O)O)[C@@H](O)[C@H](O)[C@H]1O)OCC. The monoisotopic (exact) mass is 379 g/mol. The van der Waals surface area contributed by atoms with Crippen LogP contribution >= 0.6 is 7.75 Å². The van der Waals surface area contributed by atoms with Crippen LogP contribution in [0.3, 0.4) is 0 Å². The van der Waals surface area contributed by atoms with Gasteiger partial charge in [0.2, 0.25) is 0 Å². The van der Waals surface area contributed by atoms with Gasteiger partial charge in [-0.3, -0.25) is 13.6 Å². The molecule has 11 nitrogen and oxygen atoms in total. The Morgan fingerprint density at radius 1 is 1.09 bits per heavy atom. The van der Waals surface area contributed by atoms with Gasteiger partial charge in [0.1, 0.15) is 36.4 Å². The van der Waals surface area contributed by atoms with Gasteiger partial charge < -0.3 is 20.1 Å². The summed E-state index contributed by atoms with van der Waals surface area (Å²) in [6.07, 6.45) is -8.42. The van der Waals surface area contributed by atoms with Crippen LogP contribution in [0.25, 0.3) is 0 Å². The molecule has 0 bridgehead atoms. The summed E-state index contributed by atoms with van der Waals surface area (Å²) in [5.74, 6) is -1.02. The van der Waals surface area contributed by atoms with Gasteiger partial charge in [-0.2, -0.15) is 13.5 Å². The number of ether oxygens (including phenoxy) is 1. The van der Waals surface area contributed by atoms with Crippen molar-refractivity contribution in [1.82, 2.24) is 5.09 Å². The van der Waals surface area contributed by atoms with Gasteiger partial charge in [0, 0.05) is 0 Å². The lowest BCUT2D eigenvalue weighted by atomic mass is 9.99. The minimum atomic E-state index is -4.52. The number of aliphatic hydroxyl groups is 3. The van der Waals surface area contributed by atoms with E-state index in [9.17, 15) is 28.3 Å². The molecule has 0 amide bonds. The summed E-state index contributed by atoms with van der Waals surface area (Å²) in [4.78, 5) is 0. The van der Waals surface area contributed by atoms with E-state index >= 15 is 0 Å². The molecule has 0 spiro atoms. The van der Waals surface area contributed by atoms with Crippen LogP contribution < -0.4 is 5.09 Å². The average Bonchev–Trinajstić information content (AvgIpc) is 2.41. The Hall–Kier alpha value is -0.140. The summed E-state index contributed by atoms with van der Waals surface area (Å²) >= 11 is 0. The molecule has 0 aromatic carbocycles. The second-order valence-electron chi connectivity index (χ2n) is 4.78. The van der Waals surface area contributed by atoms with Crippen molar-refractivity contribution in [2.24, 2.45) is 0 Å². The van der Waals surface area contributed by atoms with E-state index in [2.05, 4.69) is 5.09 Å². The average molecular weight is 379 g/mol. The molecule has 5 atom stereocenters. The van der Waals surface area contributed by atoms with Crippen LogP contribution in [-0.4, -0.2) is 77.9 Å². The number of rotatable bonds is 8. The Balaban J connectivity index is 2.93. The van der Waals surface area contributed by atoms with Crippen LogP contribution in [-0.2, 0) is 28.5 Å². The maximum atomic E-state index is 12.3. The van der Waals surface area contributed by atoms with Crippen LogP contribution in [0.5, 0.6) is 0 Å². The fourth-order valence-corrected chi connectivity index (χ4v) is 4.13. The first-order chi connectivity index (χ1) is 10.5. The summed E-state index contributed by atoms with van der Waals surface area (Å²) < 4.78 is 58.0. The fourth-order valence-electron chi connectivity index (χ4n) is 2.01. The third kappa shape index (κ3) is 6.02. The van der Waals surface area contributed by atoms with Crippen molar-refractivity contribution >= 4 is 17.9 Å². The second-order valence-corrected chi connectivity index (χ2v) is 8.04.